The second-order valence-corrected chi connectivity index (χ2v) is 5.16. The number of aromatic nitrogens is 1. The first-order valence-corrected chi connectivity index (χ1v) is 6.33. The van der Waals surface area contributed by atoms with E-state index in [1.165, 1.54) is 0 Å². The average Bonchev–Trinajstić information content (AvgIpc) is 2.76. The molecule has 0 aliphatic rings. The first-order chi connectivity index (χ1) is 9.37. The summed E-state index contributed by atoms with van der Waals surface area (Å²) in [5.41, 5.74) is 1.46. The first kappa shape index (κ1) is 14.1. The van der Waals surface area contributed by atoms with Crippen molar-refractivity contribution < 1.29 is 10.0 Å². The third-order valence-electron chi connectivity index (χ3n) is 2.85. The molecule has 0 amide bonds. The summed E-state index contributed by atoms with van der Waals surface area (Å²) in [5, 5.41) is 21.1. The van der Waals surface area contributed by atoms with Gasteiger partial charge in [0.25, 0.3) is 0 Å². The summed E-state index contributed by atoms with van der Waals surface area (Å²) < 4.78 is 0. The van der Waals surface area contributed by atoms with Crippen LogP contribution in [0.3, 0.4) is 0 Å². The molecule has 104 valence electrons. The van der Waals surface area contributed by atoms with Crippen molar-refractivity contribution in [1.29, 1.82) is 0 Å². The van der Waals surface area contributed by atoms with Gasteiger partial charge in [-0.15, -0.1) is 0 Å². The van der Waals surface area contributed by atoms with Gasteiger partial charge in [0.2, 0.25) is 6.54 Å². The Bertz CT molecular complexity index is 699. The molecule has 0 aliphatic carbocycles. The molecule has 0 fully saturated rings. The van der Waals surface area contributed by atoms with Crippen LogP contribution < -0.4 is 0 Å². The number of aliphatic hydroxyl groups is 1. The molecule has 0 unspecified atom stereocenters. The smallest absolute Gasteiger partial charge is 0.207 e. The van der Waals surface area contributed by atoms with Crippen LogP contribution >= 0.6 is 0 Å². The van der Waals surface area contributed by atoms with Gasteiger partial charge in [0.15, 0.2) is 0 Å². The van der Waals surface area contributed by atoms with Gasteiger partial charge in [-0.2, -0.15) is 0 Å². The van der Waals surface area contributed by atoms with Gasteiger partial charge in [-0.1, -0.05) is 17.9 Å². The van der Waals surface area contributed by atoms with Gasteiger partial charge in [-0.3, -0.25) is 10.1 Å². The van der Waals surface area contributed by atoms with Crippen LogP contribution in [0.15, 0.2) is 24.4 Å². The number of nitrogens with one attached hydrogen (secondary N) is 1. The van der Waals surface area contributed by atoms with Crippen molar-refractivity contribution in [3.05, 3.63) is 45.6 Å². The maximum Gasteiger partial charge on any atom is 0.207 e. The topological polar surface area (TPSA) is 79.2 Å². The van der Waals surface area contributed by atoms with Crippen LogP contribution in [0.5, 0.6) is 0 Å². The highest BCUT2D eigenvalue weighted by molar-refractivity contribution is 5.89. The van der Waals surface area contributed by atoms with Crippen molar-refractivity contribution in [3.63, 3.8) is 0 Å². The Morgan fingerprint density at radius 3 is 2.85 bits per heavy atom. The van der Waals surface area contributed by atoms with Crippen molar-refractivity contribution in [3.8, 4) is 11.8 Å². The van der Waals surface area contributed by atoms with Gasteiger partial charge in [0.05, 0.1) is 0 Å². The average molecular weight is 272 g/mol. The van der Waals surface area contributed by atoms with Gasteiger partial charge in [0, 0.05) is 34.0 Å². The second kappa shape index (κ2) is 5.35. The lowest BCUT2D eigenvalue weighted by Gasteiger charge is -2.06. The Morgan fingerprint density at radius 2 is 2.20 bits per heavy atom. The molecule has 0 bridgehead atoms. The third kappa shape index (κ3) is 3.37. The van der Waals surface area contributed by atoms with Crippen LogP contribution in [-0.2, 0) is 6.42 Å². The minimum atomic E-state index is -1.07. The van der Waals surface area contributed by atoms with Crippen molar-refractivity contribution in [2.24, 2.45) is 0 Å². The molecular weight excluding hydrogens is 256 g/mol. The van der Waals surface area contributed by atoms with E-state index in [1.807, 2.05) is 18.2 Å². The Morgan fingerprint density at radius 1 is 1.45 bits per heavy atom. The fourth-order valence-electron chi connectivity index (χ4n) is 1.99. The van der Waals surface area contributed by atoms with Crippen LogP contribution in [0, 0.1) is 22.0 Å². The quantitative estimate of drug-likeness (QED) is 0.510. The molecule has 0 saturated carbocycles. The highest BCUT2D eigenvalue weighted by atomic mass is 16.6. The van der Waals surface area contributed by atoms with E-state index in [-0.39, 0.29) is 11.5 Å². The zero-order valence-corrected chi connectivity index (χ0v) is 11.4. The number of hydrogen-bond acceptors (Lipinski definition) is 3. The van der Waals surface area contributed by atoms with Crippen molar-refractivity contribution in [1.82, 2.24) is 4.98 Å². The van der Waals surface area contributed by atoms with Crippen LogP contribution in [-0.4, -0.2) is 27.2 Å². The second-order valence-electron chi connectivity index (χ2n) is 5.16. The van der Waals surface area contributed by atoms with Gasteiger partial charge < -0.3 is 10.1 Å². The number of nitro groups is 1. The van der Waals surface area contributed by atoms with E-state index in [2.05, 4.69) is 16.8 Å². The predicted octanol–water partition coefficient (Wildman–Crippen LogP) is 2.11. The summed E-state index contributed by atoms with van der Waals surface area (Å²) in [6.45, 7) is 3.12. The molecule has 0 aliphatic heterocycles. The van der Waals surface area contributed by atoms with Crippen molar-refractivity contribution >= 4 is 10.9 Å². The minimum absolute atomic E-state index is 0.111. The molecule has 1 heterocycles. The molecule has 2 rings (SSSR count). The van der Waals surface area contributed by atoms with E-state index in [4.69, 9.17) is 0 Å². The van der Waals surface area contributed by atoms with E-state index in [0.717, 1.165) is 22.0 Å². The summed E-state index contributed by atoms with van der Waals surface area (Å²) in [5.74, 6) is 5.72. The number of aromatic amines is 1. The molecule has 0 spiro atoms. The van der Waals surface area contributed by atoms with Gasteiger partial charge in [0.1, 0.15) is 5.60 Å². The molecule has 1 aromatic heterocycles. The van der Waals surface area contributed by atoms with Crippen LogP contribution in [0.2, 0.25) is 0 Å². The maximum atomic E-state index is 10.5. The van der Waals surface area contributed by atoms with Gasteiger partial charge in [-0.05, 0) is 31.5 Å². The summed E-state index contributed by atoms with van der Waals surface area (Å²) in [6, 6.07) is 5.62. The number of fused-ring (bicyclic) bond motifs is 1. The summed E-state index contributed by atoms with van der Waals surface area (Å²) >= 11 is 0. The van der Waals surface area contributed by atoms with Crippen molar-refractivity contribution in [2.75, 3.05) is 6.54 Å². The molecular formula is C15H16N2O3. The fourth-order valence-corrected chi connectivity index (χ4v) is 1.99. The van der Waals surface area contributed by atoms with Crippen LogP contribution in [0.1, 0.15) is 25.0 Å². The molecule has 0 atom stereocenters. The summed E-state index contributed by atoms with van der Waals surface area (Å²) in [6.07, 6.45) is 2.14. The Balaban J connectivity index is 2.46. The van der Waals surface area contributed by atoms with E-state index in [9.17, 15) is 15.2 Å². The van der Waals surface area contributed by atoms with Crippen LogP contribution in [0.4, 0.5) is 0 Å². The molecule has 5 nitrogen and oxygen atoms in total. The molecule has 2 aromatic rings. The van der Waals surface area contributed by atoms with E-state index >= 15 is 0 Å². The van der Waals surface area contributed by atoms with Gasteiger partial charge in [-0.25, -0.2) is 0 Å². The molecule has 0 saturated heterocycles. The molecule has 2 N–H and O–H groups in total. The van der Waals surface area contributed by atoms with E-state index in [0.29, 0.717) is 6.42 Å². The number of nitrogens with zero attached hydrogens (tertiary/aromatic N) is 1. The highest BCUT2D eigenvalue weighted by Gasteiger charge is 2.11. The fraction of sp³-hybridized carbons (Fsp3) is 0.333. The third-order valence-corrected chi connectivity index (χ3v) is 2.85. The molecule has 1 aromatic carbocycles. The van der Waals surface area contributed by atoms with Crippen LogP contribution in [0.25, 0.3) is 10.9 Å². The van der Waals surface area contributed by atoms with Crippen molar-refractivity contribution in [2.45, 2.75) is 25.9 Å². The Kier molecular flexibility index (Phi) is 3.77. The molecule has 5 heteroatoms. The SMILES string of the molecule is CC(C)(O)C#Cc1cccc2[nH]cc(CC[N+](=O)[O-])c12. The lowest BCUT2D eigenvalue weighted by molar-refractivity contribution is -0.479. The Hall–Kier alpha value is -2.32. The number of H-pyrrole nitrogens is 1. The molecule has 0 radical (unpaired) electrons. The monoisotopic (exact) mass is 272 g/mol. The lowest BCUT2D eigenvalue weighted by atomic mass is 10.0. The van der Waals surface area contributed by atoms with Gasteiger partial charge >= 0.3 is 0 Å². The Labute approximate surface area is 116 Å². The largest absolute Gasteiger partial charge is 0.378 e. The highest BCUT2D eigenvalue weighted by Crippen LogP contribution is 2.22. The summed E-state index contributed by atoms with van der Waals surface area (Å²) in [7, 11) is 0. The maximum absolute atomic E-state index is 10.5. The van der Waals surface area contributed by atoms with E-state index < -0.39 is 5.60 Å². The molecule has 20 heavy (non-hydrogen) atoms. The zero-order chi connectivity index (χ0) is 14.8. The zero-order valence-electron chi connectivity index (χ0n) is 11.4. The lowest BCUT2D eigenvalue weighted by Crippen LogP contribution is -2.14. The number of benzene rings is 1. The standard InChI is InChI=1S/C15H16N2O3/c1-15(2,18)8-6-11-4-3-5-13-14(11)12(10-16-13)7-9-17(19)20/h3-5,10,16,18H,7,9H2,1-2H3. The first-order valence-electron chi connectivity index (χ1n) is 6.33. The number of rotatable bonds is 3. The summed E-state index contributed by atoms with van der Waals surface area (Å²) in [4.78, 5) is 13.3. The number of hydrogen-bond donors (Lipinski definition) is 2. The predicted molar refractivity (Wildman–Crippen MR) is 77.0 cm³/mol. The minimum Gasteiger partial charge on any atom is -0.378 e. The van der Waals surface area contributed by atoms with E-state index in [1.54, 1.807) is 20.0 Å². The normalized spacial score (nSPS) is 11.2.